The largest absolute Gasteiger partial charge is 0.509 e. The Balaban J connectivity index is 3.06. The van der Waals surface area contributed by atoms with E-state index in [0.29, 0.717) is 6.61 Å². The van der Waals surface area contributed by atoms with E-state index in [1.54, 1.807) is 6.92 Å². The number of alkyl halides is 1. The van der Waals surface area contributed by atoms with Gasteiger partial charge in [-0.1, -0.05) is 0 Å². The van der Waals surface area contributed by atoms with Gasteiger partial charge in [0.05, 0.1) is 6.61 Å². The summed E-state index contributed by atoms with van der Waals surface area (Å²) in [6.45, 7) is 2.07. The van der Waals surface area contributed by atoms with Crippen molar-refractivity contribution in [3.8, 4) is 0 Å². The van der Waals surface area contributed by atoms with E-state index in [-0.39, 0.29) is 5.52 Å². The minimum Gasteiger partial charge on any atom is -0.435 e. The summed E-state index contributed by atoms with van der Waals surface area (Å²) in [5, 5.41) is 0. The molecule has 0 amide bonds. The molecule has 0 aliphatic rings. The van der Waals surface area contributed by atoms with E-state index >= 15 is 0 Å². The van der Waals surface area contributed by atoms with Gasteiger partial charge in [-0.05, 0) is 22.9 Å². The zero-order valence-electron chi connectivity index (χ0n) is 4.52. The first-order chi connectivity index (χ1) is 3.81. The maximum Gasteiger partial charge on any atom is 0.509 e. The van der Waals surface area contributed by atoms with Gasteiger partial charge in [0, 0.05) is 0 Å². The molecule has 0 saturated carbocycles. The second kappa shape index (κ2) is 4.90. The molecular weight excluding hydrogens is 176 g/mol. The van der Waals surface area contributed by atoms with Crippen molar-refractivity contribution in [2.75, 3.05) is 12.1 Å². The summed E-state index contributed by atoms with van der Waals surface area (Å²) in [5.41, 5.74) is 0.186. The van der Waals surface area contributed by atoms with Crippen molar-refractivity contribution in [3.05, 3.63) is 0 Å². The second-order valence-electron chi connectivity index (χ2n) is 0.936. The van der Waals surface area contributed by atoms with Crippen LogP contribution >= 0.6 is 15.9 Å². The summed E-state index contributed by atoms with van der Waals surface area (Å²) in [4.78, 5) is 10.2. The molecule has 0 aliphatic heterocycles. The Hall–Kier alpha value is -0.250. The molecule has 0 bridgehead atoms. The first kappa shape index (κ1) is 7.75. The molecule has 0 aliphatic carbocycles. The van der Waals surface area contributed by atoms with Crippen molar-refractivity contribution in [1.82, 2.24) is 0 Å². The topological polar surface area (TPSA) is 35.5 Å². The van der Waals surface area contributed by atoms with Crippen molar-refractivity contribution in [2.45, 2.75) is 6.92 Å². The molecule has 0 aromatic rings. The van der Waals surface area contributed by atoms with Gasteiger partial charge >= 0.3 is 6.16 Å². The van der Waals surface area contributed by atoms with E-state index in [0.717, 1.165) is 0 Å². The Morgan fingerprint density at radius 3 is 2.62 bits per heavy atom. The lowest BCUT2D eigenvalue weighted by Crippen LogP contribution is -2.04. The van der Waals surface area contributed by atoms with Crippen LogP contribution in [-0.4, -0.2) is 18.3 Å². The maximum absolute atomic E-state index is 10.2. The van der Waals surface area contributed by atoms with E-state index in [1.165, 1.54) is 0 Å². The van der Waals surface area contributed by atoms with Crippen molar-refractivity contribution < 1.29 is 14.3 Å². The Bertz CT molecular complexity index is 65.7. The van der Waals surface area contributed by atoms with Crippen LogP contribution in [0.3, 0.4) is 0 Å². The summed E-state index contributed by atoms with van der Waals surface area (Å²) >= 11 is 2.90. The average Bonchev–Trinajstić information content (AvgIpc) is 1.68. The summed E-state index contributed by atoms with van der Waals surface area (Å²) in [6, 6.07) is 0. The molecule has 0 heterocycles. The fourth-order valence-corrected chi connectivity index (χ4v) is 0.391. The van der Waals surface area contributed by atoms with Crippen molar-refractivity contribution >= 4 is 22.1 Å². The van der Waals surface area contributed by atoms with Crippen LogP contribution in [0.5, 0.6) is 0 Å². The van der Waals surface area contributed by atoms with E-state index in [4.69, 9.17) is 0 Å². The fraction of sp³-hybridized carbons (Fsp3) is 0.750. The third kappa shape index (κ3) is 3.92. The zero-order chi connectivity index (χ0) is 6.41. The standard InChI is InChI=1S/C4H7BrO3/c1-2-7-4(6)8-3-5/h2-3H2,1H3. The normalized spacial score (nSPS) is 8.25. The molecule has 0 rings (SSSR count). The third-order valence-electron chi connectivity index (χ3n) is 0.435. The maximum atomic E-state index is 10.2. The summed E-state index contributed by atoms with van der Waals surface area (Å²) in [5.74, 6) is 0. The molecular formula is C4H7BrO3. The van der Waals surface area contributed by atoms with Crippen molar-refractivity contribution in [3.63, 3.8) is 0 Å². The minimum absolute atomic E-state index is 0.186. The molecule has 0 aromatic heterocycles. The Kier molecular flexibility index (Phi) is 4.75. The molecule has 0 spiro atoms. The number of hydrogen-bond donors (Lipinski definition) is 0. The summed E-state index contributed by atoms with van der Waals surface area (Å²) in [6.07, 6.45) is -0.635. The zero-order valence-corrected chi connectivity index (χ0v) is 6.10. The van der Waals surface area contributed by atoms with Crippen LogP contribution in [-0.2, 0) is 9.47 Å². The molecule has 0 aromatic carbocycles. The molecule has 8 heavy (non-hydrogen) atoms. The van der Waals surface area contributed by atoms with Crippen LogP contribution in [0.15, 0.2) is 0 Å². The number of carbonyl (C=O) groups is 1. The van der Waals surface area contributed by atoms with E-state index < -0.39 is 6.16 Å². The van der Waals surface area contributed by atoms with Gasteiger partial charge in [0.1, 0.15) is 5.52 Å². The molecule has 0 N–H and O–H groups in total. The lowest BCUT2D eigenvalue weighted by Gasteiger charge is -1.97. The predicted molar refractivity (Wildman–Crippen MR) is 31.9 cm³/mol. The van der Waals surface area contributed by atoms with Crippen molar-refractivity contribution in [2.24, 2.45) is 0 Å². The SMILES string of the molecule is CCOC(=O)OCBr. The molecule has 0 unspecified atom stereocenters. The third-order valence-corrected chi connectivity index (χ3v) is 0.664. The van der Waals surface area contributed by atoms with Crippen LogP contribution < -0.4 is 0 Å². The van der Waals surface area contributed by atoms with Gasteiger partial charge < -0.3 is 9.47 Å². The Morgan fingerprint density at radius 1 is 1.62 bits per heavy atom. The molecule has 3 nitrogen and oxygen atoms in total. The Morgan fingerprint density at radius 2 is 2.25 bits per heavy atom. The monoisotopic (exact) mass is 182 g/mol. The van der Waals surface area contributed by atoms with Crippen LogP contribution in [0.25, 0.3) is 0 Å². The van der Waals surface area contributed by atoms with E-state index in [1.807, 2.05) is 0 Å². The van der Waals surface area contributed by atoms with Gasteiger partial charge in [0.15, 0.2) is 0 Å². The first-order valence-corrected chi connectivity index (χ1v) is 3.29. The highest BCUT2D eigenvalue weighted by Gasteiger charge is 1.96. The van der Waals surface area contributed by atoms with E-state index in [9.17, 15) is 4.79 Å². The average molecular weight is 183 g/mol. The van der Waals surface area contributed by atoms with Crippen LogP contribution in [0, 0.1) is 0 Å². The minimum atomic E-state index is -0.635. The fourth-order valence-electron chi connectivity index (χ4n) is 0.204. The lowest BCUT2D eigenvalue weighted by atomic mass is 10.9. The Labute approximate surface area is 56.1 Å². The highest BCUT2D eigenvalue weighted by atomic mass is 79.9. The molecule has 0 fully saturated rings. The molecule has 0 radical (unpaired) electrons. The molecule has 0 atom stereocenters. The second-order valence-corrected chi connectivity index (χ2v) is 1.39. The van der Waals surface area contributed by atoms with Crippen LogP contribution in [0.4, 0.5) is 4.79 Å². The number of carbonyl (C=O) groups excluding carboxylic acids is 1. The van der Waals surface area contributed by atoms with Gasteiger partial charge in [-0.25, -0.2) is 4.79 Å². The van der Waals surface area contributed by atoms with Crippen LogP contribution in [0.1, 0.15) is 6.92 Å². The van der Waals surface area contributed by atoms with Crippen molar-refractivity contribution in [1.29, 1.82) is 0 Å². The number of hydrogen-bond acceptors (Lipinski definition) is 3. The predicted octanol–water partition coefficient (Wildman–Crippen LogP) is 1.51. The number of halogens is 1. The van der Waals surface area contributed by atoms with E-state index in [2.05, 4.69) is 25.4 Å². The van der Waals surface area contributed by atoms with Gasteiger partial charge in [-0.15, -0.1) is 0 Å². The van der Waals surface area contributed by atoms with Gasteiger partial charge in [0.25, 0.3) is 0 Å². The molecule has 4 heteroatoms. The quantitative estimate of drug-likeness (QED) is 0.480. The van der Waals surface area contributed by atoms with Gasteiger partial charge in [0.2, 0.25) is 0 Å². The molecule has 48 valence electrons. The lowest BCUT2D eigenvalue weighted by molar-refractivity contribution is 0.0739. The van der Waals surface area contributed by atoms with Gasteiger partial charge in [-0.3, -0.25) is 0 Å². The van der Waals surface area contributed by atoms with Gasteiger partial charge in [-0.2, -0.15) is 0 Å². The summed E-state index contributed by atoms with van der Waals surface area (Å²) < 4.78 is 8.73. The first-order valence-electron chi connectivity index (χ1n) is 2.16. The van der Waals surface area contributed by atoms with Crippen LogP contribution in [0.2, 0.25) is 0 Å². The number of ether oxygens (including phenoxy) is 2. The summed E-state index contributed by atoms with van der Waals surface area (Å²) in [7, 11) is 0. The number of rotatable bonds is 2. The smallest absolute Gasteiger partial charge is 0.435 e. The highest BCUT2D eigenvalue weighted by molar-refractivity contribution is 9.09. The molecule has 0 saturated heterocycles. The highest BCUT2D eigenvalue weighted by Crippen LogP contribution is 1.87.